The van der Waals surface area contributed by atoms with Crippen molar-refractivity contribution in [1.29, 1.82) is 0 Å². The van der Waals surface area contributed by atoms with Crippen molar-refractivity contribution in [3.05, 3.63) is 0 Å². The molecule has 0 aromatic heterocycles. The Balaban J connectivity index is 2.38. The van der Waals surface area contributed by atoms with Gasteiger partial charge < -0.3 is 5.32 Å². The van der Waals surface area contributed by atoms with Gasteiger partial charge in [-0.1, -0.05) is 27.7 Å². The lowest BCUT2D eigenvalue weighted by molar-refractivity contribution is 0.160. The summed E-state index contributed by atoms with van der Waals surface area (Å²) in [5.41, 5.74) is 0.366. The quantitative estimate of drug-likeness (QED) is 0.764. The van der Waals surface area contributed by atoms with Crippen molar-refractivity contribution < 1.29 is 13.0 Å². The summed E-state index contributed by atoms with van der Waals surface area (Å²) in [5.74, 6) is 0.758. The van der Waals surface area contributed by atoms with E-state index in [4.69, 9.17) is 4.55 Å². The van der Waals surface area contributed by atoms with Crippen LogP contribution in [0.25, 0.3) is 0 Å². The van der Waals surface area contributed by atoms with Gasteiger partial charge in [0.1, 0.15) is 0 Å². The van der Waals surface area contributed by atoms with E-state index in [-0.39, 0.29) is 0 Å². The van der Waals surface area contributed by atoms with Gasteiger partial charge in [-0.05, 0) is 43.4 Å². The predicted molar refractivity (Wildman–Crippen MR) is 78.8 cm³/mol. The van der Waals surface area contributed by atoms with E-state index in [1.54, 1.807) is 6.92 Å². The summed E-state index contributed by atoms with van der Waals surface area (Å²) in [7, 11) is -3.91. The fraction of sp³-hybridized carbons (Fsp3) is 1.00. The average Bonchev–Trinajstić information content (AvgIpc) is 2.27. The molecule has 0 bridgehead atoms. The largest absolute Gasteiger partial charge is 0.313 e. The second-order valence-electron chi connectivity index (χ2n) is 6.87. The summed E-state index contributed by atoms with van der Waals surface area (Å²) in [5, 5.41) is 2.64. The van der Waals surface area contributed by atoms with E-state index in [1.165, 1.54) is 12.8 Å². The standard InChI is InChI=1S/C14H29NO3S/c1-5-13(19(16,17)18)10-15-12-8-6-11(7-9-12)14(2,3)4/h11-13,15H,5-10H2,1-4H3,(H,16,17,18). The third kappa shape index (κ3) is 5.40. The molecule has 1 unspecified atom stereocenters. The summed E-state index contributed by atoms with van der Waals surface area (Å²) in [4.78, 5) is 0. The third-order valence-electron chi connectivity index (χ3n) is 4.46. The zero-order chi connectivity index (χ0) is 14.7. The zero-order valence-electron chi connectivity index (χ0n) is 12.6. The predicted octanol–water partition coefficient (Wildman–Crippen LogP) is 2.85. The van der Waals surface area contributed by atoms with Crippen LogP contribution in [0.15, 0.2) is 0 Å². The summed E-state index contributed by atoms with van der Waals surface area (Å²) < 4.78 is 31.4. The minimum atomic E-state index is -3.91. The topological polar surface area (TPSA) is 66.4 Å². The van der Waals surface area contributed by atoms with Gasteiger partial charge in [-0.2, -0.15) is 8.42 Å². The minimum absolute atomic E-state index is 0.361. The second kappa shape index (κ2) is 6.55. The lowest BCUT2D eigenvalue weighted by Crippen LogP contribution is -2.41. The number of hydrogen-bond acceptors (Lipinski definition) is 3. The van der Waals surface area contributed by atoms with Crippen LogP contribution in [0, 0.1) is 11.3 Å². The molecule has 0 amide bonds. The van der Waals surface area contributed by atoms with Crippen LogP contribution in [0.4, 0.5) is 0 Å². The third-order valence-corrected chi connectivity index (χ3v) is 5.81. The van der Waals surface area contributed by atoms with Crippen LogP contribution in [0.2, 0.25) is 0 Å². The van der Waals surface area contributed by atoms with Gasteiger partial charge in [0.25, 0.3) is 10.1 Å². The molecule has 0 aliphatic heterocycles. The molecule has 1 aliphatic carbocycles. The van der Waals surface area contributed by atoms with Gasteiger partial charge in [0.05, 0.1) is 5.25 Å². The van der Waals surface area contributed by atoms with Gasteiger partial charge in [-0.3, -0.25) is 4.55 Å². The number of hydrogen-bond donors (Lipinski definition) is 2. The molecule has 0 aromatic carbocycles. The van der Waals surface area contributed by atoms with Crippen LogP contribution < -0.4 is 5.32 Å². The molecule has 0 saturated heterocycles. The molecule has 19 heavy (non-hydrogen) atoms. The van der Waals surface area contributed by atoms with E-state index >= 15 is 0 Å². The summed E-state index contributed by atoms with van der Waals surface area (Å²) in [6.07, 6.45) is 5.05. The monoisotopic (exact) mass is 291 g/mol. The number of nitrogens with one attached hydrogen (secondary N) is 1. The van der Waals surface area contributed by atoms with E-state index in [0.29, 0.717) is 24.4 Å². The fourth-order valence-electron chi connectivity index (χ4n) is 2.92. The first kappa shape index (κ1) is 16.9. The molecule has 0 heterocycles. The Morgan fingerprint density at radius 2 is 1.74 bits per heavy atom. The lowest BCUT2D eigenvalue weighted by atomic mass is 9.71. The van der Waals surface area contributed by atoms with Crippen LogP contribution >= 0.6 is 0 Å². The zero-order valence-corrected chi connectivity index (χ0v) is 13.5. The first-order chi connectivity index (χ1) is 8.64. The average molecular weight is 291 g/mol. The van der Waals surface area contributed by atoms with Crippen molar-refractivity contribution in [2.45, 2.75) is 71.1 Å². The second-order valence-corrected chi connectivity index (χ2v) is 8.56. The van der Waals surface area contributed by atoms with Gasteiger partial charge in [-0.15, -0.1) is 0 Å². The Hall–Kier alpha value is -0.130. The van der Waals surface area contributed by atoms with Crippen molar-refractivity contribution in [3.63, 3.8) is 0 Å². The highest BCUT2D eigenvalue weighted by molar-refractivity contribution is 7.86. The maximum atomic E-state index is 11.1. The molecule has 1 saturated carbocycles. The van der Waals surface area contributed by atoms with Crippen LogP contribution in [-0.2, 0) is 10.1 Å². The van der Waals surface area contributed by atoms with Gasteiger partial charge in [0, 0.05) is 12.6 Å². The molecule has 1 atom stereocenters. The first-order valence-electron chi connectivity index (χ1n) is 7.34. The lowest BCUT2D eigenvalue weighted by Gasteiger charge is -2.37. The van der Waals surface area contributed by atoms with E-state index in [1.807, 2.05) is 0 Å². The van der Waals surface area contributed by atoms with Crippen molar-refractivity contribution in [3.8, 4) is 0 Å². The Labute approximate surface area is 118 Å². The molecule has 5 heteroatoms. The van der Waals surface area contributed by atoms with Crippen molar-refractivity contribution in [2.75, 3.05) is 6.54 Å². The Bertz CT molecular complexity index is 365. The normalized spacial score (nSPS) is 27.2. The van der Waals surface area contributed by atoms with Gasteiger partial charge >= 0.3 is 0 Å². The highest BCUT2D eigenvalue weighted by Crippen LogP contribution is 2.37. The molecule has 0 spiro atoms. The van der Waals surface area contributed by atoms with Crippen LogP contribution in [0.3, 0.4) is 0 Å². The van der Waals surface area contributed by atoms with Crippen LogP contribution in [-0.4, -0.2) is 30.8 Å². The molecule has 1 aliphatic rings. The van der Waals surface area contributed by atoms with Gasteiger partial charge in [0.2, 0.25) is 0 Å². The van der Waals surface area contributed by atoms with Crippen molar-refractivity contribution in [2.24, 2.45) is 11.3 Å². The van der Waals surface area contributed by atoms with E-state index in [0.717, 1.165) is 18.8 Å². The van der Waals surface area contributed by atoms with Crippen LogP contribution in [0.1, 0.15) is 59.8 Å². The van der Waals surface area contributed by atoms with E-state index in [2.05, 4.69) is 26.1 Å². The molecule has 0 radical (unpaired) electrons. The van der Waals surface area contributed by atoms with Crippen molar-refractivity contribution >= 4 is 10.1 Å². The minimum Gasteiger partial charge on any atom is -0.313 e. The maximum Gasteiger partial charge on any atom is 0.269 e. The van der Waals surface area contributed by atoms with E-state index < -0.39 is 15.4 Å². The molecule has 1 rings (SSSR count). The fourth-order valence-corrected chi connectivity index (χ4v) is 3.65. The first-order valence-corrected chi connectivity index (χ1v) is 8.84. The maximum absolute atomic E-state index is 11.1. The smallest absolute Gasteiger partial charge is 0.269 e. The summed E-state index contributed by atoms with van der Waals surface area (Å²) in [6.45, 7) is 9.02. The SMILES string of the molecule is CCC(CNC1CCC(C(C)(C)C)CC1)S(=O)(=O)O. The number of rotatable bonds is 5. The van der Waals surface area contributed by atoms with Crippen LogP contribution in [0.5, 0.6) is 0 Å². The highest BCUT2D eigenvalue weighted by atomic mass is 32.2. The van der Waals surface area contributed by atoms with E-state index in [9.17, 15) is 8.42 Å². The Morgan fingerprint density at radius 1 is 1.21 bits per heavy atom. The summed E-state index contributed by atoms with van der Waals surface area (Å²) in [6, 6.07) is 0.398. The highest BCUT2D eigenvalue weighted by Gasteiger charge is 2.30. The molecule has 1 fully saturated rings. The molecule has 114 valence electrons. The Morgan fingerprint density at radius 3 is 2.11 bits per heavy atom. The van der Waals surface area contributed by atoms with Gasteiger partial charge in [0.15, 0.2) is 0 Å². The molecule has 0 aromatic rings. The molecule has 4 nitrogen and oxygen atoms in total. The molecule has 2 N–H and O–H groups in total. The molecular formula is C14H29NO3S. The Kier molecular flexibility index (Phi) is 5.83. The van der Waals surface area contributed by atoms with Crippen molar-refractivity contribution in [1.82, 2.24) is 5.32 Å². The van der Waals surface area contributed by atoms with Gasteiger partial charge in [-0.25, -0.2) is 0 Å². The summed E-state index contributed by atoms with van der Waals surface area (Å²) >= 11 is 0. The molecular weight excluding hydrogens is 262 g/mol.